The smallest absolute Gasteiger partial charge is 0.0836 e. The first-order valence-electron chi connectivity index (χ1n) is 6.33. The third-order valence-electron chi connectivity index (χ3n) is 2.91. The number of aliphatic hydroxyl groups is 1. The molecule has 0 aromatic heterocycles. The molecule has 96 valence electrons. The Balaban J connectivity index is 2.23. The van der Waals surface area contributed by atoms with Gasteiger partial charge in [0, 0.05) is 24.8 Å². The largest absolute Gasteiger partial charge is 0.390 e. The predicted molar refractivity (Wildman–Crippen MR) is 73.4 cm³/mol. The highest BCUT2D eigenvalue weighted by Gasteiger charge is 2.05. The Hall–Kier alpha value is -1.06. The van der Waals surface area contributed by atoms with E-state index >= 15 is 0 Å². The maximum absolute atomic E-state index is 9.78. The topological polar surface area (TPSA) is 44.3 Å². The van der Waals surface area contributed by atoms with E-state index in [2.05, 4.69) is 43.5 Å². The van der Waals surface area contributed by atoms with Crippen molar-refractivity contribution in [1.29, 1.82) is 0 Å². The SMILES string of the molecule is CCC(C)NCC(O)CNc1ccc(C)cc1. The molecule has 0 radical (unpaired) electrons. The summed E-state index contributed by atoms with van der Waals surface area (Å²) in [7, 11) is 0. The summed E-state index contributed by atoms with van der Waals surface area (Å²) < 4.78 is 0. The number of aliphatic hydroxyl groups excluding tert-OH is 1. The lowest BCUT2D eigenvalue weighted by molar-refractivity contribution is 0.180. The fourth-order valence-corrected chi connectivity index (χ4v) is 1.46. The molecule has 0 aliphatic carbocycles. The number of anilines is 1. The molecular weight excluding hydrogens is 212 g/mol. The summed E-state index contributed by atoms with van der Waals surface area (Å²) in [5, 5.41) is 16.3. The molecule has 17 heavy (non-hydrogen) atoms. The normalized spacial score (nSPS) is 14.4. The van der Waals surface area contributed by atoms with Crippen molar-refractivity contribution in [3.8, 4) is 0 Å². The van der Waals surface area contributed by atoms with Crippen LogP contribution in [0.2, 0.25) is 0 Å². The summed E-state index contributed by atoms with van der Waals surface area (Å²) >= 11 is 0. The second kappa shape index (κ2) is 7.30. The van der Waals surface area contributed by atoms with Gasteiger partial charge in [-0.1, -0.05) is 24.6 Å². The van der Waals surface area contributed by atoms with Crippen LogP contribution in [-0.4, -0.2) is 30.3 Å². The van der Waals surface area contributed by atoms with E-state index in [0.717, 1.165) is 12.1 Å². The van der Waals surface area contributed by atoms with Crippen molar-refractivity contribution in [2.75, 3.05) is 18.4 Å². The zero-order valence-corrected chi connectivity index (χ0v) is 11.0. The van der Waals surface area contributed by atoms with Gasteiger partial charge in [0.1, 0.15) is 0 Å². The van der Waals surface area contributed by atoms with Crippen molar-refractivity contribution in [3.05, 3.63) is 29.8 Å². The van der Waals surface area contributed by atoms with Gasteiger partial charge in [-0.25, -0.2) is 0 Å². The van der Waals surface area contributed by atoms with Gasteiger partial charge >= 0.3 is 0 Å². The molecule has 0 spiro atoms. The molecule has 2 atom stereocenters. The molecule has 3 heteroatoms. The van der Waals surface area contributed by atoms with Gasteiger partial charge in [-0.05, 0) is 32.4 Å². The molecule has 0 aliphatic rings. The lowest BCUT2D eigenvalue weighted by Crippen LogP contribution is -2.36. The summed E-state index contributed by atoms with van der Waals surface area (Å²) in [4.78, 5) is 0. The van der Waals surface area contributed by atoms with E-state index in [1.54, 1.807) is 0 Å². The van der Waals surface area contributed by atoms with Crippen molar-refractivity contribution in [1.82, 2.24) is 5.32 Å². The number of rotatable bonds is 7. The Morgan fingerprint density at radius 3 is 2.41 bits per heavy atom. The number of hydrogen-bond acceptors (Lipinski definition) is 3. The molecule has 0 heterocycles. The predicted octanol–water partition coefficient (Wildman–Crippen LogP) is 2.16. The number of aryl methyl sites for hydroxylation is 1. The van der Waals surface area contributed by atoms with Crippen LogP contribution in [-0.2, 0) is 0 Å². The molecule has 0 saturated heterocycles. The van der Waals surface area contributed by atoms with E-state index in [9.17, 15) is 5.11 Å². The fourth-order valence-electron chi connectivity index (χ4n) is 1.46. The van der Waals surface area contributed by atoms with Crippen LogP contribution in [0.4, 0.5) is 5.69 Å². The van der Waals surface area contributed by atoms with E-state index in [0.29, 0.717) is 19.1 Å². The van der Waals surface area contributed by atoms with Gasteiger partial charge in [-0.2, -0.15) is 0 Å². The Bertz CT molecular complexity index is 311. The van der Waals surface area contributed by atoms with Gasteiger partial charge in [-0.15, -0.1) is 0 Å². The summed E-state index contributed by atoms with van der Waals surface area (Å²) in [5.41, 5.74) is 2.30. The van der Waals surface area contributed by atoms with Crippen LogP contribution in [0.1, 0.15) is 25.8 Å². The summed E-state index contributed by atoms with van der Waals surface area (Å²) in [6.45, 7) is 7.53. The summed E-state index contributed by atoms with van der Waals surface area (Å²) in [5.74, 6) is 0. The highest BCUT2D eigenvalue weighted by atomic mass is 16.3. The van der Waals surface area contributed by atoms with Gasteiger partial charge < -0.3 is 15.7 Å². The number of nitrogens with one attached hydrogen (secondary N) is 2. The van der Waals surface area contributed by atoms with Crippen LogP contribution in [0, 0.1) is 6.92 Å². The van der Waals surface area contributed by atoms with Crippen molar-refractivity contribution >= 4 is 5.69 Å². The Kier molecular flexibility index (Phi) is 6.01. The summed E-state index contributed by atoms with van der Waals surface area (Å²) in [6.07, 6.45) is 0.725. The summed E-state index contributed by atoms with van der Waals surface area (Å²) in [6, 6.07) is 8.65. The molecule has 0 bridgehead atoms. The molecule has 3 nitrogen and oxygen atoms in total. The van der Waals surface area contributed by atoms with Gasteiger partial charge in [0.15, 0.2) is 0 Å². The second-order valence-electron chi connectivity index (χ2n) is 4.62. The molecule has 2 unspecified atom stereocenters. The van der Waals surface area contributed by atoms with Gasteiger partial charge in [-0.3, -0.25) is 0 Å². The molecule has 0 aliphatic heterocycles. The lowest BCUT2D eigenvalue weighted by Gasteiger charge is -2.16. The highest BCUT2D eigenvalue weighted by molar-refractivity contribution is 5.44. The lowest BCUT2D eigenvalue weighted by atomic mass is 10.2. The number of hydrogen-bond donors (Lipinski definition) is 3. The average molecular weight is 236 g/mol. The van der Waals surface area contributed by atoms with Crippen LogP contribution >= 0.6 is 0 Å². The minimum Gasteiger partial charge on any atom is -0.390 e. The molecule has 3 N–H and O–H groups in total. The Labute approximate surface area is 104 Å². The third-order valence-corrected chi connectivity index (χ3v) is 2.91. The Morgan fingerprint density at radius 1 is 1.18 bits per heavy atom. The van der Waals surface area contributed by atoms with Gasteiger partial charge in [0.25, 0.3) is 0 Å². The van der Waals surface area contributed by atoms with Crippen LogP contribution < -0.4 is 10.6 Å². The van der Waals surface area contributed by atoms with E-state index in [1.807, 2.05) is 12.1 Å². The van der Waals surface area contributed by atoms with Gasteiger partial charge in [0.2, 0.25) is 0 Å². The zero-order valence-electron chi connectivity index (χ0n) is 11.0. The first kappa shape index (κ1) is 14.0. The zero-order chi connectivity index (χ0) is 12.7. The molecule has 1 rings (SSSR count). The van der Waals surface area contributed by atoms with E-state index < -0.39 is 0 Å². The molecule has 1 aromatic carbocycles. The fraction of sp³-hybridized carbons (Fsp3) is 0.571. The molecule has 1 aromatic rings. The monoisotopic (exact) mass is 236 g/mol. The second-order valence-corrected chi connectivity index (χ2v) is 4.62. The van der Waals surface area contributed by atoms with Crippen molar-refractivity contribution < 1.29 is 5.11 Å². The number of benzene rings is 1. The molecular formula is C14H24N2O. The minimum atomic E-state index is -0.356. The van der Waals surface area contributed by atoms with Crippen LogP contribution in [0.3, 0.4) is 0 Å². The first-order chi connectivity index (χ1) is 8.11. The van der Waals surface area contributed by atoms with E-state index in [1.165, 1.54) is 5.56 Å². The van der Waals surface area contributed by atoms with Crippen molar-refractivity contribution in [2.24, 2.45) is 0 Å². The molecule has 0 amide bonds. The van der Waals surface area contributed by atoms with E-state index in [4.69, 9.17) is 0 Å². The minimum absolute atomic E-state index is 0.356. The third kappa shape index (κ3) is 5.71. The highest BCUT2D eigenvalue weighted by Crippen LogP contribution is 2.08. The van der Waals surface area contributed by atoms with E-state index in [-0.39, 0.29) is 6.10 Å². The van der Waals surface area contributed by atoms with Crippen LogP contribution in [0.15, 0.2) is 24.3 Å². The molecule has 0 fully saturated rings. The van der Waals surface area contributed by atoms with Gasteiger partial charge in [0.05, 0.1) is 6.10 Å². The maximum atomic E-state index is 9.78. The molecule has 0 saturated carbocycles. The Morgan fingerprint density at radius 2 is 1.82 bits per heavy atom. The standard InChI is InChI=1S/C14H24N2O/c1-4-12(3)15-9-14(17)10-16-13-7-5-11(2)6-8-13/h5-8,12,14-17H,4,9-10H2,1-3H3. The first-order valence-corrected chi connectivity index (χ1v) is 6.33. The quantitative estimate of drug-likeness (QED) is 0.680. The van der Waals surface area contributed by atoms with Crippen LogP contribution in [0.25, 0.3) is 0 Å². The van der Waals surface area contributed by atoms with Crippen LogP contribution in [0.5, 0.6) is 0 Å². The van der Waals surface area contributed by atoms with Crippen molar-refractivity contribution in [2.45, 2.75) is 39.3 Å². The average Bonchev–Trinajstić information content (AvgIpc) is 2.35. The van der Waals surface area contributed by atoms with Crippen molar-refractivity contribution in [3.63, 3.8) is 0 Å². The maximum Gasteiger partial charge on any atom is 0.0836 e.